The normalized spacial score (nSPS) is 33.3. The number of hydrazone groups is 1. The fourth-order valence-corrected chi connectivity index (χ4v) is 1.31. The average molecular weight is 147 g/mol. The fourth-order valence-electron chi connectivity index (χ4n) is 1.31. The summed E-state index contributed by atoms with van der Waals surface area (Å²) in [5.74, 6) is 0.178. The van der Waals surface area contributed by atoms with Gasteiger partial charge < -0.3 is 10.8 Å². The lowest BCUT2D eigenvalue weighted by molar-refractivity contribution is 0.560. The molecule has 0 bridgehead atoms. The van der Waals surface area contributed by atoms with Gasteiger partial charge in [0.15, 0.2) is 0 Å². The van der Waals surface area contributed by atoms with Crippen LogP contribution in [0.25, 0.3) is 0 Å². The molecule has 2 N–H and O–H groups in total. The van der Waals surface area contributed by atoms with E-state index < -0.39 is 0 Å². The number of fused-ring (bicyclic) bond motifs is 1. The summed E-state index contributed by atoms with van der Waals surface area (Å²) in [5, 5.41) is 11.4. The zero-order valence-electron chi connectivity index (χ0n) is 5.99. The maximum Gasteiger partial charge on any atom is 0.0742 e. The minimum absolute atomic E-state index is 0.178. The van der Waals surface area contributed by atoms with Crippen molar-refractivity contribution in [3.8, 4) is 0 Å². The van der Waals surface area contributed by atoms with Gasteiger partial charge in [0.1, 0.15) is 0 Å². The van der Waals surface area contributed by atoms with Gasteiger partial charge in [-0.3, -0.25) is 0 Å². The molecule has 1 aliphatic carbocycles. The van der Waals surface area contributed by atoms with Crippen LogP contribution in [0, 0.1) is 11.3 Å². The van der Waals surface area contributed by atoms with Crippen molar-refractivity contribution < 1.29 is 0 Å². The molecular formula is C8H9N3. The molecule has 0 aromatic heterocycles. The molecule has 1 heterocycles. The Balaban J connectivity index is 2.30. The van der Waals surface area contributed by atoms with E-state index in [2.05, 4.69) is 10.5 Å². The smallest absolute Gasteiger partial charge is 0.0742 e. The predicted octanol–water partition coefficient (Wildman–Crippen LogP) is 0.706. The summed E-state index contributed by atoms with van der Waals surface area (Å²) in [6.45, 7) is 0. The summed E-state index contributed by atoms with van der Waals surface area (Å²) in [6.07, 6.45) is 9.55. The molecule has 56 valence electrons. The highest BCUT2D eigenvalue weighted by atomic mass is 15.3. The van der Waals surface area contributed by atoms with Gasteiger partial charge in [-0.2, -0.15) is 5.10 Å². The molecule has 0 saturated heterocycles. The van der Waals surface area contributed by atoms with Crippen molar-refractivity contribution in [1.29, 1.82) is 5.41 Å². The maximum absolute atomic E-state index is 7.54. The first-order valence-electron chi connectivity index (χ1n) is 3.60. The van der Waals surface area contributed by atoms with E-state index in [9.17, 15) is 0 Å². The monoisotopic (exact) mass is 147 g/mol. The lowest BCUT2D eigenvalue weighted by Gasteiger charge is -2.26. The van der Waals surface area contributed by atoms with E-state index in [0.29, 0.717) is 5.71 Å². The van der Waals surface area contributed by atoms with Crippen LogP contribution < -0.4 is 5.43 Å². The topological polar surface area (TPSA) is 48.2 Å². The molecule has 0 aromatic carbocycles. The molecule has 11 heavy (non-hydrogen) atoms. The molecule has 0 fully saturated rings. The Labute approximate surface area is 65.0 Å². The molecule has 2 rings (SSSR count). The van der Waals surface area contributed by atoms with Gasteiger partial charge in [-0.1, -0.05) is 24.3 Å². The Hall–Kier alpha value is -1.38. The number of nitrogens with one attached hydrogen (secondary N) is 2. The highest BCUT2D eigenvalue weighted by Crippen LogP contribution is 2.15. The standard InChI is InChI=1S/C8H9N3/c9-7-5-10-11-8-4-2-1-3-6(7)8/h1-6,8-9,11H. The molecular weight excluding hydrogens is 138 g/mol. The molecule has 0 amide bonds. The van der Waals surface area contributed by atoms with E-state index >= 15 is 0 Å². The Bertz CT molecular complexity index is 263. The van der Waals surface area contributed by atoms with Gasteiger partial charge in [-0.05, 0) is 0 Å². The summed E-state index contributed by atoms with van der Waals surface area (Å²) >= 11 is 0. The molecule has 0 aromatic rings. The van der Waals surface area contributed by atoms with Crippen molar-refractivity contribution in [1.82, 2.24) is 5.43 Å². The third-order valence-corrected chi connectivity index (χ3v) is 1.92. The Morgan fingerprint density at radius 3 is 3.00 bits per heavy atom. The summed E-state index contributed by atoms with van der Waals surface area (Å²) in [5.41, 5.74) is 3.52. The molecule has 0 spiro atoms. The van der Waals surface area contributed by atoms with Crippen molar-refractivity contribution in [3.63, 3.8) is 0 Å². The highest BCUT2D eigenvalue weighted by Gasteiger charge is 2.23. The van der Waals surface area contributed by atoms with Crippen molar-refractivity contribution in [2.75, 3.05) is 0 Å². The number of hydrogen-bond donors (Lipinski definition) is 2. The first kappa shape index (κ1) is 6.34. The number of hydrogen-bond acceptors (Lipinski definition) is 3. The Morgan fingerprint density at radius 2 is 2.18 bits per heavy atom. The largest absolute Gasteiger partial charge is 0.303 e. The third-order valence-electron chi connectivity index (χ3n) is 1.92. The van der Waals surface area contributed by atoms with Gasteiger partial charge in [0, 0.05) is 5.92 Å². The minimum Gasteiger partial charge on any atom is -0.303 e. The van der Waals surface area contributed by atoms with Gasteiger partial charge in [0.25, 0.3) is 0 Å². The quantitative estimate of drug-likeness (QED) is 0.520. The average Bonchev–Trinajstić information content (AvgIpc) is 2.06. The van der Waals surface area contributed by atoms with Gasteiger partial charge in [0.2, 0.25) is 0 Å². The first-order chi connectivity index (χ1) is 5.38. The molecule has 1 aliphatic heterocycles. The van der Waals surface area contributed by atoms with E-state index in [1.807, 2.05) is 24.3 Å². The molecule has 0 radical (unpaired) electrons. The van der Waals surface area contributed by atoms with Crippen LogP contribution in [0.5, 0.6) is 0 Å². The Kier molecular flexibility index (Phi) is 1.35. The number of allylic oxidation sites excluding steroid dienone is 2. The summed E-state index contributed by atoms with van der Waals surface area (Å²) in [6, 6.07) is 0.192. The molecule has 0 saturated carbocycles. The van der Waals surface area contributed by atoms with Crippen molar-refractivity contribution in [3.05, 3.63) is 24.3 Å². The summed E-state index contributed by atoms with van der Waals surface area (Å²) < 4.78 is 0. The zero-order chi connectivity index (χ0) is 7.68. The second-order valence-electron chi connectivity index (χ2n) is 2.66. The Morgan fingerprint density at radius 1 is 1.36 bits per heavy atom. The van der Waals surface area contributed by atoms with Crippen LogP contribution >= 0.6 is 0 Å². The minimum atomic E-state index is 0.178. The van der Waals surface area contributed by atoms with E-state index in [0.717, 1.165) is 0 Å². The highest BCUT2D eigenvalue weighted by molar-refractivity contribution is 6.31. The van der Waals surface area contributed by atoms with Crippen LogP contribution in [0.3, 0.4) is 0 Å². The lowest BCUT2D eigenvalue weighted by Crippen LogP contribution is -2.40. The van der Waals surface area contributed by atoms with E-state index in [1.54, 1.807) is 6.21 Å². The molecule has 3 heteroatoms. The van der Waals surface area contributed by atoms with Crippen LogP contribution in [0.1, 0.15) is 0 Å². The van der Waals surface area contributed by atoms with Crippen LogP contribution in [0.2, 0.25) is 0 Å². The van der Waals surface area contributed by atoms with Crippen LogP contribution in [-0.2, 0) is 0 Å². The second kappa shape index (κ2) is 2.34. The predicted molar refractivity (Wildman–Crippen MR) is 44.9 cm³/mol. The lowest BCUT2D eigenvalue weighted by atomic mass is 9.90. The zero-order valence-corrected chi connectivity index (χ0v) is 5.99. The van der Waals surface area contributed by atoms with Gasteiger partial charge in [0.05, 0.1) is 18.0 Å². The fraction of sp³-hybridized carbons (Fsp3) is 0.250. The van der Waals surface area contributed by atoms with Crippen LogP contribution in [-0.4, -0.2) is 18.0 Å². The van der Waals surface area contributed by atoms with Crippen LogP contribution in [0.4, 0.5) is 0 Å². The number of nitrogens with zero attached hydrogens (tertiary/aromatic N) is 1. The number of rotatable bonds is 0. The van der Waals surface area contributed by atoms with E-state index in [1.165, 1.54) is 0 Å². The van der Waals surface area contributed by atoms with Crippen molar-refractivity contribution >= 4 is 11.9 Å². The van der Waals surface area contributed by atoms with E-state index in [4.69, 9.17) is 5.41 Å². The SMILES string of the molecule is N=C1C=NNC2C=CC=CC12. The molecule has 2 unspecified atom stereocenters. The van der Waals surface area contributed by atoms with Gasteiger partial charge >= 0.3 is 0 Å². The third kappa shape index (κ3) is 0.981. The van der Waals surface area contributed by atoms with E-state index in [-0.39, 0.29) is 12.0 Å². The second-order valence-corrected chi connectivity index (χ2v) is 2.66. The van der Waals surface area contributed by atoms with Crippen molar-refractivity contribution in [2.45, 2.75) is 6.04 Å². The molecule has 3 nitrogen and oxygen atoms in total. The van der Waals surface area contributed by atoms with Gasteiger partial charge in [-0.25, -0.2) is 0 Å². The summed E-state index contributed by atoms with van der Waals surface area (Å²) in [4.78, 5) is 0. The van der Waals surface area contributed by atoms with Gasteiger partial charge in [-0.15, -0.1) is 0 Å². The maximum atomic E-state index is 7.54. The van der Waals surface area contributed by atoms with Crippen LogP contribution in [0.15, 0.2) is 29.4 Å². The summed E-state index contributed by atoms with van der Waals surface area (Å²) in [7, 11) is 0. The molecule has 2 atom stereocenters. The first-order valence-corrected chi connectivity index (χ1v) is 3.60. The molecule has 2 aliphatic rings. The van der Waals surface area contributed by atoms with Crippen molar-refractivity contribution in [2.24, 2.45) is 11.0 Å².